The van der Waals surface area contributed by atoms with Crippen LogP contribution in [0.1, 0.15) is 20.8 Å². The van der Waals surface area contributed by atoms with Gasteiger partial charge in [0.2, 0.25) is 20.0 Å². The number of hydrogen-bond donors (Lipinski definition) is 4. The summed E-state index contributed by atoms with van der Waals surface area (Å²) < 4.78 is 86.3. The Labute approximate surface area is 208 Å². The molecule has 194 valence electrons. The molecule has 0 saturated heterocycles. The van der Waals surface area contributed by atoms with E-state index in [0.29, 0.717) is 0 Å². The summed E-state index contributed by atoms with van der Waals surface area (Å²) >= 11 is 0. The maximum atomic E-state index is 13.0. The first-order valence-corrected chi connectivity index (χ1v) is 15.0. The molecule has 0 atom stereocenters. The van der Waals surface area contributed by atoms with Crippen LogP contribution in [0, 0.1) is 0 Å². The molecule has 0 spiro atoms. The molecule has 0 heterocycles. The molecule has 0 aromatic heterocycles. The molecule has 0 fully saturated rings. The molecule has 4 N–H and O–H groups in total. The normalized spacial score (nSPS) is 13.4. The van der Waals surface area contributed by atoms with Crippen molar-refractivity contribution in [3.8, 4) is 5.75 Å². The number of fused-ring (bicyclic) bond motifs is 1. The zero-order valence-electron chi connectivity index (χ0n) is 19.6. The van der Waals surface area contributed by atoms with E-state index in [4.69, 9.17) is 4.55 Å². The fourth-order valence-corrected chi connectivity index (χ4v) is 5.84. The molecule has 0 amide bonds. The Morgan fingerprint density at radius 1 is 0.889 bits per heavy atom. The van der Waals surface area contributed by atoms with Crippen LogP contribution in [0.5, 0.6) is 5.75 Å². The van der Waals surface area contributed by atoms with Gasteiger partial charge in [-0.05, 0) is 57.2 Å². The van der Waals surface area contributed by atoms with Crippen LogP contribution in [0.15, 0.2) is 68.6 Å². The first kappa shape index (κ1) is 27.5. The number of hydrogen-bond acceptors (Lipinski definition) is 9. The second-order valence-corrected chi connectivity index (χ2v) is 13.7. The minimum absolute atomic E-state index is 0.00361. The van der Waals surface area contributed by atoms with E-state index in [0.717, 1.165) is 24.5 Å². The van der Waals surface area contributed by atoms with Gasteiger partial charge in [-0.25, -0.2) is 21.6 Å². The lowest BCUT2D eigenvalue weighted by molar-refractivity contribution is 0.457. The SMILES string of the molecule is CC(C)(C)NS(=O)(=O)c1cc(N=Nc2ccc(S(=O)(=O)O)cc2)c2c(NS(C)(=O)=O)cccc2c1O. The molecule has 3 aromatic rings. The standard InChI is InChI=1S/C21H24N4O8S3/c1-21(2,3)25-35(29,30)18-12-17(23-22-13-8-10-14(11-9-13)36(31,32)33)19-15(20(18)26)6-5-7-16(19)24-34(4,27)28/h5-12,24-26H,1-4H3,(H,31,32,33). The molecule has 0 unspecified atom stereocenters. The highest BCUT2D eigenvalue weighted by Crippen LogP contribution is 2.43. The Kier molecular flexibility index (Phi) is 7.18. The van der Waals surface area contributed by atoms with Gasteiger partial charge in [-0.3, -0.25) is 9.27 Å². The summed E-state index contributed by atoms with van der Waals surface area (Å²) in [6.07, 6.45) is 0.926. The van der Waals surface area contributed by atoms with Crippen LogP contribution in [0.2, 0.25) is 0 Å². The molecule has 12 nitrogen and oxygen atoms in total. The Morgan fingerprint density at radius 3 is 2.03 bits per heavy atom. The fraction of sp³-hybridized carbons (Fsp3) is 0.238. The molecule has 0 aliphatic heterocycles. The summed E-state index contributed by atoms with van der Waals surface area (Å²) in [4.78, 5) is -0.866. The van der Waals surface area contributed by atoms with Gasteiger partial charge >= 0.3 is 0 Å². The topological polar surface area (TPSA) is 192 Å². The van der Waals surface area contributed by atoms with E-state index >= 15 is 0 Å². The largest absolute Gasteiger partial charge is 0.506 e. The highest BCUT2D eigenvalue weighted by molar-refractivity contribution is 7.92. The smallest absolute Gasteiger partial charge is 0.294 e. The van der Waals surface area contributed by atoms with Gasteiger partial charge in [0.15, 0.2) is 0 Å². The Balaban J connectivity index is 2.28. The first-order valence-electron chi connectivity index (χ1n) is 10.2. The molecule has 0 aliphatic rings. The molecular formula is C21H24N4O8S3. The number of nitrogens with one attached hydrogen (secondary N) is 2. The third kappa shape index (κ3) is 6.55. The Bertz CT molecular complexity index is 1680. The number of anilines is 1. The summed E-state index contributed by atoms with van der Waals surface area (Å²) in [6, 6.07) is 9.98. The number of aromatic hydroxyl groups is 1. The molecule has 0 bridgehead atoms. The van der Waals surface area contributed by atoms with E-state index in [-0.39, 0.29) is 32.7 Å². The minimum Gasteiger partial charge on any atom is -0.506 e. The van der Waals surface area contributed by atoms with Gasteiger partial charge in [0, 0.05) is 16.3 Å². The van der Waals surface area contributed by atoms with Crippen molar-refractivity contribution in [3.05, 3.63) is 48.5 Å². The van der Waals surface area contributed by atoms with E-state index in [9.17, 15) is 30.4 Å². The van der Waals surface area contributed by atoms with E-state index < -0.39 is 46.3 Å². The number of nitrogens with zero attached hydrogens (tertiary/aromatic N) is 2. The predicted molar refractivity (Wildman–Crippen MR) is 135 cm³/mol. The van der Waals surface area contributed by atoms with E-state index in [1.807, 2.05) is 0 Å². The lowest BCUT2D eigenvalue weighted by atomic mass is 10.1. The molecule has 3 rings (SSSR count). The average Bonchev–Trinajstić information content (AvgIpc) is 2.70. The van der Waals surface area contributed by atoms with Crippen LogP contribution in [-0.4, -0.2) is 46.7 Å². The molecule has 0 saturated carbocycles. The summed E-state index contributed by atoms with van der Waals surface area (Å²) in [5.41, 5.74) is -0.804. The van der Waals surface area contributed by atoms with Crippen LogP contribution in [0.4, 0.5) is 17.1 Å². The van der Waals surface area contributed by atoms with E-state index in [2.05, 4.69) is 19.7 Å². The molecule has 36 heavy (non-hydrogen) atoms. The summed E-state index contributed by atoms with van der Waals surface area (Å²) in [7, 11) is -12.4. The van der Waals surface area contributed by atoms with Gasteiger partial charge < -0.3 is 5.11 Å². The van der Waals surface area contributed by atoms with Crippen molar-refractivity contribution < 1.29 is 34.9 Å². The number of rotatable bonds is 7. The lowest BCUT2D eigenvalue weighted by Crippen LogP contribution is -2.40. The fourth-order valence-electron chi connectivity index (χ4n) is 3.25. The van der Waals surface area contributed by atoms with E-state index in [1.165, 1.54) is 30.3 Å². The molecule has 0 radical (unpaired) electrons. The monoisotopic (exact) mass is 556 g/mol. The number of phenols is 1. The Morgan fingerprint density at radius 2 is 1.50 bits per heavy atom. The van der Waals surface area contributed by atoms with Crippen molar-refractivity contribution >= 4 is 58.0 Å². The van der Waals surface area contributed by atoms with Crippen molar-refractivity contribution in [2.45, 2.75) is 36.1 Å². The Hall–Kier alpha value is -3.11. The number of phenolic OH excluding ortho intramolecular Hbond substituents is 1. The second kappa shape index (κ2) is 9.40. The van der Waals surface area contributed by atoms with Crippen LogP contribution in [0.25, 0.3) is 10.8 Å². The zero-order chi connectivity index (χ0) is 27.1. The average molecular weight is 557 g/mol. The first-order chi connectivity index (χ1) is 16.4. The lowest BCUT2D eigenvalue weighted by Gasteiger charge is -2.21. The van der Waals surface area contributed by atoms with Crippen molar-refractivity contribution in [3.63, 3.8) is 0 Å². The van der Waals surface area contributed by atoms with Gasteiger partial charge in [-0.15, -0.1) is 5.11 Å². The van der Waals surface area contributed by atoms with Crippen molar-refractivity contribution in [2.75, 3.05) is 11.0 Å². The predicted octanol–water partition coefficient (Wildman–Crippen LogP) is 3.66. The van der Waals surface area contributed by atoms with Crippen molar-refractivity contribution in [1.29, 1.82) is 0 Å². The minimum atomic E-state index is -4.42. The van der Waals surface area contributed by atoms with Crippen molar-refractivity contribution in [1.82, 2.24) is 4.72 Å². The maximum Gasteiger partial charge on any atom is 0.294 e. The highest BCUT2D eigenvalue weighted by Gasteiger charge is 2.28. The van der Waals surface area contributed by atoms with Crippen molar-refractivity contribution in [2.24, 2.45) is 10.2 Å². The van der Waals surface area contributed by atoms with Gasteiger partial charge in [-0.2, -0.15) is 13.5 Å². The number of benzene rings is 3. The van der Waals surface area contributed by atoms with E-state index in [1.54, 1.807) is 20.8 Å². The van der Waals surface area contributed by atoms with Gasteiger partial charge in [0.05, 0.1) is 28.2 Å². The number of azo groups is 1. The highest BCUT2D eigenvalue weighted by atomic mass is 32.2. The molecular weight excluding hydrogens is 532 g/mol. The number of sulfonamides is 2. The van der Waals surface area contributed by atoms with Gasteiger partial charge in [-0.1, -0.05) is 12.1 Å². The third-order valence-electron chi connectivity index (χ3n) is 4.51. The van der Waals surface area contributed by atoms with Gasteiger partial charge in [0.1, 0.15) is 10.6 Å². The quantitative estimate of drug-likeness (QED) is 0.250. The van der Waals surface area contributed by atoms with Crippen LogP contribution in [-0.2, 0) is 30.2 Å². The van der Waals surface area contributed by atoms with Crippen LogP contribution in [0.3, 0.4) is 0 Å². The van der Waals surface area contributed by atoms with Gasteiger partial charge in [0.25, 0.3) is 10.1 Å². The van der Waals surface area contributed by atoms with Crippen LogP contribution < -0.4 is 9.44 Å². The molecule has 15 heteroatoms. The molecule has 0 aliphatic carbocycles. The third-order valence-corrected chi connectivity index (χ3v) is 7.74. The summed E-state index contributed by atoms with van der Waals surface area (Å²) in [6.45, 7) is 4.86. The maximum absolute atomic E-state index is 13.0. The zero-order valence-corrected chi connectivity index (χ0v) is 22.0. The second-order valence-electron chi connectivity index (χ2n) is 8.87. The summed E-state index contributed by atoms with van der Waals surface area (Å²) in [5, 5.41) is 19.0. The van der Waals surface area contributed by atoms with Crippen LogP contribution >= 0.6 is 0 Å². The summed E-state index contributed by atoms with van der Waals surface area (Å²) in [5.74, 6) is -0.615. The molecule has 3 aromatic carbocycles.